The van der Waals surface area contributed by atoms with Gasteiger partial charge >= 0.3 is 5.97 Å². The Kier molecular flexibility index (Phi) is 6.13. The molecule has 5 nitrogen and oxygen atoms in total. The van der Waals surface area contributed by atoms with Gasteiger partial charge in [-0.15, -0.1) is 0 Å². The standard InChI is InChI=1S/C22H20ClN3O2S2/c1-14-21(22-25(2)17-8-7-15(23)12-18(17)29-22)30-19(13-16-6-4-5-10-24-16)26(14)11-9-20(27)28-3/h4-8,10,12-13H,1,9,11H2,2-3H3/b19-13-,22-21+. The molecule has 3 heterocycles. The van der Waals surface area contributed by atoms with Gasteiger partial charge in [0, 0.05) is 29.7 Å². The zero-order valence-corrected chi connectivity index (χ0v) is 19.0. The lowest BCUT2D eigenvalue weighted by atomic mass is 10.3. The molecule has 2 aliphatic heterocycles. The van der Waals surface area contributed by atoms with Crippen LogP contribution >= 0.6 is 35.1 Å². The first-order valence-corrected chi connectivity index (χ1v) is 11.3. The number of methoxy groups -OCH3 is 1. The molecule has 0 aliphatic carbocycles. The van der Waals surface area contributed by atoms with Gasteiger partial charge in [0.25, 0.3) is 0 Å². The molecule has 0 N–H and O–H groups in total. The lowest BCUT2D eigenvalue weighted by molar-refractivity contribution is -0.140. The number of esters is 1. The van der Waals surface area contributed by atoms with Gasteiger partial charge in [0.15, 0.2) is 0 Å². The highest BCUT2D eigenvalue weighted by Crippen LogP contribution is 2.54. The van der Waals surface area contributed by atoms with Crippen molar-refractivity contribution in [3.63, 3.8) is 0 Å². The molecule has 2 aromatic rings. The van der Waals surface area contributed by atoms with Crippen LogP contribution in [0, 0.1) is 0 Å². The number of nitrogens with zero attached hydrogens (tertiary/aromatic N) is 3. The van der Waals surface area contributed by atoms with E-state index in [9.17, 15) is 4.79 Å². The molecule has 0 bridgehead atoms. The fraction of sp³-hybridized carbons (Fsp3) is 0.182. The van der Waals surface area contributed by atoms with Gasteiger partial charge in [-0.3, -0.25) is 9.78 Å². The van der Waals surface area contributed by atoms with Crippen LogP contribution in [0.3, 0.4) is 0 Å². The normalized spacial score (nSPS) is 19.6. The van der Waals surface area contributed by atoms with Crippen molar-refractivity contribution < 1.29 is 9.53 Å². The van der Waals surface area contributed by atoms with E-state index in [1.807, 2.05) is 49.5 Å². The van der Waals surface area contributed by atoms with E-state index in [0.717, 1.165) is 36.9 Å². The van der Waals surface area contributed by atoms with Gasteiger partial charge in [0.1, 0.15) is 0 Å². The smallest absolute Gasteiger partial charge is 0.307 e. The highest BCUT2D eigenvalue weighted by molar-refractivity contribution is 8.09. The summed E-state index contributed by atoms with van der Waals surface area (Å²) >= 11 is 9.50. The molecule has 8 heteroatoms. The van der Waals surface area contributed by atoms with Gasteiger partial charge in [-0.25, -0.2) is 0 Å². The maximum Gasteiger partial charge on any atom is 0.307 e. The second-order valence-corrected chi connectivity index (χ2v) is 9.17. The summed E-state index contributed by atoms with van der Waals surface area (Å²) in [5.74, 6) is -0.250. The summed E-state index contributed by atoms with van der Waals surface area (Å²) in [5.41, 5.74) is 2.83. The van der Waals surface area contributed by atoms with Crippen LogP contribution in [-0.2, 0) is 9.53 Å². The Bertz CT molecular complexity index is 1070. The molecular weight excluding hydrogens is 438 g/mol. The second-order valence-electron chi connectivity index (χ2n) is 6.67. The summed E-state index contributed by atoms with van der Waals surface area (Å²) < 4.78 is 4.83. The van der Waals surface area contributed by atoms with Crippen molar-refractivity contribution in [2.24, 2.45) is 0 Å². The molecule has 0 unspecified atom stereocenters. The third kappa shape index (κ3) is 4.10. The number of thioether (sulfide) groups is 2. The van der Waals surface area contributed by atoms with Gasteiger partial charge in [-0.2, -0.15) is 0 Å². The number of rotatable bonds is 4. The van der Waals surface area contributed by atoms with E-state index < -0.39 is 0 Å². The molecule has 4 rings (SSSR count). The number of halogens is 1. The first-order valence-electron chi connectivity index (χ1n) is 9.27. The van der Waals surface area contributed by atoms with Crippen molar-refractivity contribution in [1.29, 1.82) is 0 Å². The number of hydrogen-bond donors (Lipinski definition) is 0. The van der Waals surface area contributed by atoms with Gasteiger partial charge in [-0.05, 0) is 36.4 Å². The second kappa shape index (κ2) is 8.79. The third-order valence-electron chi connectivity index (χ3n) is 4.78. The Labute approximate surface area is 189 Å². The van der Waals surface area contributed by atoms with Crippen LogP contribution in [0.15, 0.2) is 74.7 Å². The number of aromatic nitrogens is 1. The Morgan fingerprint density at radius 1 is 1.30 bits per heavy atom. The van der Waals surface area contributed by atoms with Gasteiger partial charge in [0.2, 0.25) is 0 Å². The topological polar surface area (TPSA) is 45.7 Å². The van der Waals surface area contributed by atoms with Crippen LogP contribution in [-0.4, -0.2) is 36.6 Å². The summed E-state index contributed by atoms with van der Waals surface area (Å²) in [6.07, 6.45) is 4.06. The number of anilines is 1. The fourth-order valence-corrected chi connectivity index (χ4v) is 6.00. The first kappa shape index (κ1) is 20.9. The van der Waals surface area contributed by atoms with Crippen LogP contribution in [0.2, 0.25) is 5.02 Å². The predicted octanol–water partition coefficient (Wildman–Crippen LogP) is 5.57. The largest absolute Gasteiger partial charge is 0.469 e. The molecule has 154 valence electrons. The average Bonchev–Trinajstić information content (AvgIpc) is 3.22. The molecule has 2 aliphatic rings. The van der Waals surface area contributed by atoms with Crippen molar-refractivity contribution >= 4 is 52.9 Å². The number of fused-ring (bicyclic) bond motifs is 1. The lowest BCUT2D eigenvalue weighted by Crippen LogP contribution is -2.21. The van der Waals surface area contributed by atoms with Crippen LogP contribution in [0.4, 0.5) is 5.69 Å². The van der Waals surface area contributed by atoms with E-state index in [1.165, 1.54) is 7.11 Å². The Hall–Kier alpha value is -2.35. The summed E-state index contributed by atoms with van der Waals surface area (Å²) in [6, 6.07) is 11.7. The van der Waals surface area contributed by atoms with Crippen LogP contribution in [0.25, 0.3) is 6.08 Å². The zero-order valence-electron chi connectivity index (χ0n) is 16.6. The SMILES string of the molecule is C=C1/C(=C2\Sc3cc(Cl)ccc3N2C)S/C(=C\c2ccccn2)N1CCC(=O)OC. The van der Waals surface area contributed by atoms with Gasteiger partial charge < -0.3 is 14.5 Å². The quantitative estimate of drug-likeness (QED) is 0.556. The number of carbonyl (C=O) groups is 1. The van der Waals surface area contributed by atoms with Crippen LogP contribution in [0.1, 0.15) is 12.1 Å². The lowest BCUT2D eigenvalue weighted by Gasteiger charge is -2.20. The van der Waals surface area contributed by atoms with E-state index in [1.54, 1.807) is 29.7 Å². The monoisotopic (exact) mass is 457 g/mol. The minimum atomic E-state index is -0.250. The van der Waals surface area contributed by atoms with Crippen molar-refractivity contribution in [2.75, 3.05) is 25.6 Å². The molecule has 0 saturated carbocycles. The third-order valence-corrected chi connectivity index (χ3v) is 7.54. The summed E-state index contributed by atoms with van der Waals surface area (Å²) in [6.45, 7) is 4.83. The Morgan fingerprint density at radius 3 is 2.87 bits per heavy atom. The molecule has 0 amide bonds. The van der Waals surface area contributed by atoms with Gasteiger partial charge in [-0.1, -0.05) is 47.8 Å². The molecule has 30 heavy (non-hydrogen) atoms. The van der Waals surface area contributed by atoms with Crippen molar-refractivity contribution in [2.45, 2.75) is 11.3 Å². The van der Waals surface area contributed by atoms with E-state index in [4.69, 9.17) is 16.3 Å². The fourth-order valence-electron chi connectivity index (χ4n) is 3.21. The van der Waals surface area contributed by atoms with Crippen molar-refractivity contribution in [1.82, 2.24) is 9.88 Å². The van der Waals surface area contributed by atoms with Gasteiger partial charge in [0.05, 0.1) is 45.6 Å². The van der Waals surface area contributed by atoms with Crippen molar-refractivity contribution in [3.8, 4) is 0 Å². The first-order chi connectivity index (χ1) is 14.5. The zero-order chi connectivity index (χ0) is 21.3. The van der Waals surface area contributed by atoms with Crippen LogP contribution < -0.4 is 4.90 Å². The minimum Gasteiger partial charge on any atom is -0.469 e. The predicted molar refractivity (Wildman–Crippen MR) is 125 cm³/mol. The average molecular weight is 458 g/mol. The maximum absolute atomic E-state index is 11.8. The molecule has 1 aromatic carbocycles. The number of pyridine rings is 1. The van der Waals surface area contributed by atoms with E-state index in [0.29, 0.717) is 11.6 Å². The van der Waals surface area contributed by atoms with E-state index in [2.05, 4.69) is 21.4 Å². The molecular formula is C22H20ClN3O2S2. The van der Waals surface area contributed by atoms with Crippen LogP contribution in [0.5, 0.6) is 0 Å². The molecule has 0 radical (unpaired) electrons. The number of benzene rings is 1. The number of carbonyl (C=O) groups excluding carboxylic acids is 1. The summed E-state index contributed by atoms with van der Waals surface area (Å²) in [7, 11) is 3.45. The highest BCUT2D eigenvalue weighted by Gasteiger charge is 2.34. The maximum atomic E-state index is 11.8. The molecule has 0 atom stereocenters. The summed E-state index contributed by atoms with van der Waals surface area (Å²) in [5, 5.41) is 2.79. The highest BCUT2D eigenvalue weighted by atomic mass is 35.5. The van der Waals surface area contributed by atoms with E-state index >= 15 is 0 Å². The molecule has 0 spiro atoms. The Morgan fingerprint density at radius 2 is 2.13 bits per heavy atom. The number of hydrogen-bond acceptors (Lipinski definition) is 7. The molecule has 1 saturated heterocycles. The minimum absolute atomic E-state index is 0.250. The molecule has 1 aromatic heterocycles. The van der Waals surface area contributed by atoms with E-state index in [-0.39, 0.29) is 12.4 Å². The summed E-state index contributed by atoms with van der Waals surface area (Å²) in [4.78, 5) is 22.6. The Balaban J connectivity index is 1.70. The number of ether oxygens (including phenoxy) is 1. The van der Waals surface area contributed by atoms with Crippen molar-refractivity contribution in [3.05, 3.63) is 80.6 Å². The molecule has 1 fully saturated rings.